The number of hydrogen-bond donors (Lipinski definition) is 1. The van der Waals surface area contributed by atoms with Crippen molar-refractivity contribution in [3.05, 3.63) is 52.3 Å². The van der Waals surface area contributed by atoms with Crippen molar-refractivity contribution in [2.75, 3.05) is 5.73 Å². The number of nitrogens with zero attached hydrogens (tertiary/aromatic N) is 2. The minimum absolute atomic E-state index is 0.0169. The third-order valence-corrected chi connectivity index (χ3v) is 3.31. The molecular weight excluding hydrogens is 288 g/mol. The molecule has 0 aliphatic rings. The van der Waals surface area contributed by atoms with E-state index < -0.39 is 5.82 Å². The number of nitrogen functional groups attached to an aromatic ring is 1. The molecule has 2 aromatic carbocycles. The van der Waals surface area contributed by atoms with Gasteiger partial charge in [0.1, 0.15) is 5.82 Å². The Kier molecular flexibility index (Phi) is 2.84. The second-order valence-electron chi connectivity index (χ2n) is 4.04. The van der Waals surface area contributed by atoms with Crippen LogP contribution in [0.5, 0.6) is 0 Å². The lowest BCUT2D eigenvalue weighted by Gasteiger charge is -2.07. The van der Waals surface area contributed by atoms with E-state index in [1.807, 2.05) is 6.07 Å². The quantitative estimate of drug-likeness (QED) is 0.736. The zero-order valence-electron chi connectivity index (χ0n) is 9.57. The highest BCUT2D eigenvalue weighted by molar-refractivity contribution is 6.31. The van der Waals surface area contributed by atoms with Crippen LogP contribution in [-0.2, 0) is 0 Å². The van der Waals surface area contributed by atoms with Gasteiger partial charge in [-0.25, -0.2) is 9.37 Å². The zero-order chi connectivity index (χ0) is 13.6. The van der Waals surface area contributed by atoms with Crippen LogP contribution in [0.4, 0.5) is 10.3 Å². The molecule has 3 nitrogen and oxygen atoms in total. The first kappa shape index (κ1) is 12.3. The smallest absolute Gasteiger partial charge is 0.205 e. The van der Waals surface area contributed by atoms with Crippen LogP contribution in [0, 0.1) is 5.82 Å². The van der Waals surface area contributed by atoms with Gasteiger partial charge in [-0.2, -0.15) is 0 Å². The maximum absolute atomic E-state index is 13.6. The van der Waals surface area contributed by atoms with Gasteiger partial charge in [0, 0.05) is 11.1 Å². The highest BCUT2D eigenvalue weighted by Gasteiger charge is 2.13. The maximum Gasteiger partial charge on any atom is 0.205 e. The largest absolute Gasteiger partial charge is 0.369 e. The van der Waals surface area contributed by atoms with Crippen LogP contribution in [0.1, 0.15) is 0 Å². The first-order valence-electron chi connectivity index (χ1n) is 5.45. The molecule has 0 unspecified atom stereocenters. The number of anilines is 1. The third-order valence-electron chi connectivity index (χ3n) is 2.79. The van der Waals surface area contributed by atoms with Gasteiger partial charge in [-0.1, -0.05) is 29.3 Å². The van der Waals surface area contributed by atoms with E-state index in [2.05, 4.69) is 4.98 Å². The summed E-state index contributed by atoms with van der Waals surface area (Å²) in [5.74, 6) is -0.267. The fourth-order valence-electron chi connectivity index (χ4n) is 1.98. The number of rotatable bonds is 1. The van der Waals surface area contributed by atoms with Gasteiger partial charge in [-0.05, 0) is 24.3 Å². The molecule has 0 aliphatic carbocycles. The first-order valence-corrected chi connectivity index (χ1v) is 6.21. The molecule has 3 aromatic rings. The molecule has 0 spiro atoms. The molecule has 0 saturated heterocycles. The van der Waals surface area contributed by atoms with Crippen molar-refractivity contribution >= 4 is 40.2 Å². The topological polar surface area (TPSA) is 43.8 Å². The lowest BCUT2D eigenvalue weighted by Crippen LogP contribution is -2.00. The lowest BCUT2D eigenvalue weighted by atomic mass is 10.2. The Labute approximate surface area is 118 Å². The molecule has 96 valence electrons. The molecule has 3 rings (SSSR count). The molecule has 0 amide bonds. The molecule has 1 aromatic heterocycles. The fraction of sp³-hybridized carbons (Fsp3) is 0. The molecule has 0 fully saturated rings. The monoisotopic (exact) mass is 295 g/mol. The van der Waals surface area contributed by atoms with E-state index in [0.717, 1.165) is 0 Å². The molecular formula is C13H8Cl2FN3. The second kappa shape index (κ2) is 4.40. The van der Waals surface area contributed by atoms with Gasteiger partial charge in [0.05, 0.1) is 21.7 Å². The molecule has 2 N–H and O–H groups in total. The highest BCUT2D eigenvalue weighted by atomic mass is 35.5. The minimum atomic E-state index is -0.516. The Morgan fingerprint density at radius 1 is 1.16 bits per heavy atom. The summed E-state index contributed by atoms with van der Waals surface area (Å²) < 4.78 is 15.2. The highest BCUT2D eigenvalue weighted by Crippen LogP contribution is 2.28. The van der Waals surface area contributed by atoms with Crippen LogP contribution in [0.15, 0.2) is 36.4 Å². The van der Waals surface area contributed by atoms with Gasteiger partial charge in [-0.3, -0.25) is 4.57 Å². The summed E-state index contributed by atoms with van der Waals surface area (Å²) in [7, 11) is 0. The lowest BCUT2D eigenvalue weighted by molar-refractivity contribution is 0.629. The molecule has 0 atom stereocenters. The SMILES string of the molecule is Nc1nc2cc(Cl)c(F)cc2n1-c1cccc(Cl)c1. The number of fused-ring (bicyclic) bond motifs is 1. The van der Waals surface area contributed by atoms with E-state index in [0.29, 0.717) is 21.7 Å². The van der Waals surface area contributed by atoms with Crippen LogP contribution in [0.2, 0.25) is 10.0 Å². The van der Waals surface area contributed by atoms with Crippen molar-refractivity contribution in [1.29, 1.82) is 0 Å². The van der Waals surface area contributed by atoms with E-state index in [4.69, 9.17) is 28.9 Å². The van der Waals surface area contributed by atoms with Crippen molar-refractivity contribution in [2.45, 2.75) is 0 Å². The Morgan fingerprint density at radius 3 is 2.68 bits per heavy atom. The Hall–Kier alpha value is -1.78. The van der Waals surface area contributed by atoms with Crippen LogP contribution in [-0.4, -0.2) is 9.55 Å². The molecule has 0 saturated carbocycles. The predicted octanol–water partition coefficient (Wildman–Crippen LogP) is 4.05. The summed E-state index contributed by atoms with van der Waals surface area (Å²) in [6.07, 6.45) is 0. The zero-order valence-corrected chi connectivity index (χ0v) is 11.1. The Bertz CT molecular complexity index is 783. The van der Waals surface area contributed by atoms with Crippen LogP contribution in [0.3, 0.4) is 0 Å². The van der Waals surface area contributed by atoms with E-state index in [9.17, 15) is 4.39 Å². The van der Waals surface area contributed by atoms with E-state index in [1.165, 1.54) is 12.1 Å². The number of halogens is 3. The van der Waals surface area contributed by atoms with Gasteiger partial charge in [0.15, 0.2) is 0 Å². The Balaban J connectivity index is 2.34. The standard InChI is InChI=1S/C13H8Cl2FN3/c14-7-2-1-3-8(4-7)19-12-6-10(16)9(15)5-11(12)18-13(19)17/h1-6H,(H2,17,18). The predicted molar refractivity (Wildman–Crippen MR) is 75.5 cm³/mol. The molecule has 19 heavy (non-hydrogen) atoms. The van der Waals surface area contributed by atoms with Crippen molar-refractivity contribution in [3.8, 4) is 5.69 Å². The summed E-state index contributed by atoms with van der Waals surface area (Å²) in [6.45, 7) is 0. The van der Waals surface area contributed by atoms with Gasteiger partial charge in [-0.15, -0.1) is 0 Å². The van der Waals surface area contributed by atoms with Crippen LogP contribution >= 0.6 is 23.2 Å². The number of benzene rings is 2. The molecule has 0 bridgehead atoms. The van der Waals surface area contributed by atoms with Crippen molar-refractivity contribution in [3.63, 3.8) is 0 Å². The van der Waals surface area contributed by atoms with Gasteiger partial charge in [0.25, 0.3) is 0 Å². The van der Waals surface area contributed by atoms with Gasteiger partial charge >= 0.3 is 0 Å². The molecule has 0 radical (unpaired) electrons. The first-order chi connectivity index (χ1) is 9.06. The average Bonchev–Trinajstić information content (AvgIpc) is 2.65. The number of nitrogens with two attached hydrogens (primary N) is 1. The summed E-state index contributed by atoms with van der Waals surface area (Å²) >= 11 is 11.7. The normalized spacial score (nSPS) is 11.1. The molecule has 6 heteroatoms. The van der Waals surface area contributed by atoms with Crippen LogP contribution < -0.4 is 5.73 Å². The number of imidazole rings is 1. The summed E-state index contributed by atoms with van der Waals surface area (Å²) in [5.41, 5.74) is 7.67. The van der Waals surface area contributed by atoms with Crippen molar-refractivity contribution in [2.24, 2.45) is 0 Å². The van der Waals surface area contributed by atoms with Crippen LogP contribution in [0.25, 0.3) is 16.7 Å². The van der Waals surface area contributed by atoms with Gasteiger partial charge in [0.2, 0.25) is 5.95 Å². The summed E-state index contributed by atoms with van der Waals surface area (Å²) in [4.78, 5) is 4.17. The molecule has 0 aliphatic heterocycles. The maximum atomic E-state index is 13.6. The van der Waals surface area contributed by atoms with E-state index in [1.54, 1.807) is 22.8 Å². The number of hydrogen-bond acceptors (Lipinski definition) is 2. The second-order valence-corrected chi connectivity index (χ2v) is 4.88. The number of aromatic nitrogens is 2. The summed E-state index contributed by atoms with van der Waals surface area (Å²) in [5, 5.41) is 0.580. The summed E-state index contributed by atoms with van der Waals surface area (Å²) in [6, 6.07) is 9.83. The van der Waals surface area contributed by atoms with Gasteiger partial charge < -0.3 is 5.73 Å². The molecule has 1 heterocycles. The van der Waals surface area contributed by atoms with Crippen molar-refractivity contribution < 1.29 is 4.39 Å². The van der Waals surface area contributed by atoms with E-state index in [-0.39, 0.29) is 11.0 Å². The fourth-order valence-corrected chi connectivity index (χ4v) is 2.32. The minimum Gasteiger partial charge on any atom is -0.369 e. The average molecular weight is 296 g/mol. The third kappa shape index (κ3) is 2.03. The van der Waals surface area contributed by atoms with E-state index >= 15 is 0 Å². The van der Waals surface area contributed by atoms with Crippen molar-refractivity contribution in [1.82, 2.24) is 9.55 Å². The Morgan fingerprint density at radius 2 is 1.95 bits per heavy atom.